The summed E-state index contributed by atoms with van der Waals surface area (Å²) in [6.07, 6.45) is 0. The fourth-order valence-corrected chi connectivity index (χ4v) is 3.56. The predicted molar refractivity (Wildman–Crippen MR) is 98.3 cm³/mol. The number of nitrogens with zero attached hydrogens (tertiary/aromatic N) is 1. The predicted octanol–water partition coefficient (Wildman–Crippen LogP) is 6.42. The maximum Gasteiger partial charge on any atom is 0.136 e. The molecule has 0 fully saturated rings. The van der Waals surface area contributed by atoms with Gasteiger partial charge in [0.05, 0.1) is 11.3 Å². The molecule has 0 aliphatic heterocycles. The molecule has 0 radical (unpaired) electrons. The number of hydrogen-bond acceptors (Lipinski definition) is 2. The highest BCUT2D eigenvalue weighted by atomic mass is 32.1. The Balaban J connectivity index is 1.67. The number of aromatic nitrogens is 1. The van der Waals surface area contributed by atoms with Gasteiger partial charge in [0.1, 0.15) is 16.6 Å². The van der Waals surface area contributed by atoms with Gasteiger partial charge < -0.3 is 0 Å². The van der Waals surface area contributed by atoms with Crippen molar-refractivity contribution in [3.63, 3.8) is 0 Å². The van der Waals surface area contributed by atoms with Gasteiger partial charge in [-0.3, -0.25) is 0 Å². The Morgan fingerprint density at radius 1 is 0.640 bits per heavy atom. The molecular weight excluding hydrogens is 336 g/mol. The number of thiazole rings is 1. The molecule has 4 aromatic rings. The van der Waals surface area contributed by atoms with Crippen LogP contribution in [0.1, 0.15) is 0 Å². The van der Waals surface area contributed by atoms with E-state index in [1.807, 2.05) is 47.8 Å². The lowest BCUT2D eigenvalue weighted by Crippen LogP contribution is -1.89. The van der Waals surface area contributed by atoms with Crippen LogP contribution in [0.4, 0.5) is 8.78 Å². The van der Waals surface area contributed by atoms with E-state index in [1.54, 1.807) is 0 Å². The first-order valence-corrected chi connectivity index (χ1v) is 8.66. The first-order chi connectivity index (χ1) is 12.2. The Labute approximate surface area is 148 Å². The van der Waals surface area contributed by atoms with E-state index in [-0.39, 0.29) is 5.56 Å². The highest BCUT2D eigenvalue weighted by Crippen LogP contribution is 2.32. The third kappa shape index (κ3) is 3.08. The minimum atomic E-state index is -0.597. The van der Waals surface area contributed by atoms with Crippen molar-refractivity contribution in [2.75, 3.05) is 0 Å². The van der Waals surface area contributed by atoms with Crippen molar-refractivity contribution in [3.8, 4) is 33.0 Å². The Bertz CT molecular complexity index is 988. The van der Waals surface area contributed by atoms with Crippen molar-refractivity contribution in [3.05, 3.63) is 89.8 Å². The average Bonchev–Trinajstić information content (AvgIpc) is 3.12. The third-order valence-corrected chi connectivity index (χ3v) is 4.83. The van der Waals surface area contributed by atoms with Crippen LogP contribution in [0, 0.1) is 11.6 Å². The van der Waals surface area contributed by atoms with E-state index in [0.717, 1.165) is 16.7 Å². The van der Waals surface area contributed by atoms with E-state index in [1.165, 1.54) is 29.5 Å². The minimum absolute atomic E-state index is 0.0698. The molecule has 0 saturated carbocycles. The van der Waals surface area contributed by atoms with Crippen molar-refractivity contribution in [1.82, 2.24) is 4.98 Å². The molecule has 25 heavy (non-hydrogen) atoms. The highest BCUT2D eigenvalue weighted by molar-refractivity contribution is 7.13. The Kier molecular flexibility index (Phi) is 4.12. The van der Waals surface area contributed by atoms with Gasteiger partial charge in [-0.1, -0.05) is 60.7 Å². The van der Waals surface area contributed by atoms with Crippen LogP contribution in [0.2, 0.25) is 0 Å². The number of benzene rings is 3. The molecular formula is C21H13F2NS. The maximum absolute atomic E-state index is 13.9. The summed E-state index contributed by atoms with van der Waals surface area (Å²) >= 11 is 1.24. The molecule has 0 aliphatic carbocycles. The van der Waals surface area contributed by atoms with Crippen LogP contribution in [-0.2, 0) is 0 Å². The zero-order valence-corrected chi connectivity index (χ0v) is 13.9. The quantitative estimate of drug-likeness (QED) is 0.416. The largest absolute Gasteiger partial charge is 0.236 e. The summed E-state index contributed by atoms with van der Waals surface area (Å²) in [4.78, 5) is 4.41. The molecule has 3 aromatic carbocycles. The van der Waals surface area contributed by atoms with Crippen LogP contribution in [0.25, 0.3) is 33.0 Å². The Morgan fingerprint density at radius 3 is 1.92 bits per heavy atom. The van der Waals surface area contributed by atoms with Gasteiger partial charge in [0.2, 0.25) is 0 Å². The number of halogens is 2. The van der Waals surface area contributed by atoms with Crippen molar-refractivity contribution < 1.29 is 8.78 Å². The zero-order valence-electron chi connectivity index (χ0n) is 13.1. The van der Waals surface area contributed by atoms with Gasteiger partial charge in [-0.25, -0.2) is 13.8 Å². The second-order valence-corrected chi connectivity index (χ2v) is 6.44. The first kappa shape index (κ1) is 15.7. The average molecular weight is 349 g/mol. The van der Waals surface area contributed by atoms with Crippen molar-refractivity contribution >= 4 is 11.3 Å². The third-order valence-electron chi connectivity index (χ3n) is 3.97. The number of rotatable bonds is 3. The summed E-state index contributed by atoms with van der Waals surface area (Å²) in [5.41, 5.74) is 3.81. The van der Waals surface area contributed by atoms with Crippen LogP contribution in [-0.4, -0.2) is 4.98 Å². The van der Waals surface area contributed by atoms with Crippen molar-refractivity contribution in [2.24, 2.45) is 0 Å². The fraction of sp³-hybridized carbons (Fsp3) is 0. The number of hydrogen-bond donors (Lipinski definition) is 0. The first-order valence-electron chi connectivity index (χ1n) is 7.78. The molecule has 0 N–H and O–H groups in total. The lowest BCUT2D eigenvalue weighted by atomic mass is 10.0. The van der Waals surface area contributed by atoms with E-state index in [4.69, 9.17) is 0 Å². The summed E-state index contributed by atoms with van der Waals surface area (Å²) in [5.74, 6) is -1.19. The van der Waals surface area contributed by atoms with Crippen LogP contribution in [0.5, 0.6) is 0 Å². The normalized spacial score (nSPS) is 10.8. The van der Waals surface area contributed by atoms with Gasteiger partial charge in [-0.05, 0) is 23.3 Å². The molecule has 0 spiro atoms. The van der Waals surface area contributed by atoms with Gasteiger partial charge in [-0.2, -0.15) is 0 Å². The topological polar surface area (TPSA) is 12.9 Å². The minimum Gasteiger partial charge on any atom is -0.236 e. The van der Waals surface area contributed by atoms with E-state index >= 15 is 0 Å². The Morgan fingerprint density at radius 2 is 1.24 bits per heavy atom. The van der Waals surface area contributed by atoms with Crippen LogP contribution < -0.4 is 0 Å². The molecule has 1 heterocycles. The monoisotopic (exact) mass is 349 g/mol. The van der Waals surface area contributed by atoms with E-state index < -0.39 is 11.6 Å². The molecule has 1 nitrogen and oxygen atoms in total. The summed E-state index contributed by atoms with van der Waals surface area (Å²) in [7, 11) is 0. The van der Waals surface area contributed by atoms with Crippen LogP contribution in [0.3, 0.4) is 0 Å². The van der Waals surface area contributed by atoms with E-state index in [2.05, 4.69) is 17.1 Å². The fourth-order valence-electron chi connectivity index (χ4n) is 2.69. The smallest absolute Gasteiger partial charge is 0.136 e. The molecule has 1 aromatic heterocycles. The highest BCUT2D eigenvalue weighted by Gasteiger charge is 2.15. The van der Waals surface area contributed by atoms with Gasteiger partial charge in [-0.15, -0.1) is 11.3 Å². The summed E-state index contributed by atoms with van der Waals surface area (Å²) < 4.78 is 27.8. The summed E-state index contributed by atoms with van der Waals surface area (Å²) in [5, 5.41) is 2.16. The molecule has 0 saturated heterocycles. The van der Waals surface area contributed by atoms with Gasteiger partial charge in [0.25, 0.3) is 0 Å². The van der Waals surface area contributed by atoms with Crippen LogP contribution in [0.15, 0.2) is 78.2 Å². The Hall–Kier alpha value is -2.85. The van der Waals surface area contributed by atoms with Gasteiger partial charge in [0, 0.05) is 10.9 Å². The zero-order chi connectivity index (χ0) is 17.2. The maximum atomic E-state index is 13.9. The lowest BCUT2D eigenvalue weighted by Gasteiger charge is -2.03. The molecule has 0 unspecified atom stereocenters. The van der Waals surface area contributed by atoms with Gasteiger partial charge in [0.15, 0.2) is 0 Å². The molecule has 0 atom stereocenters. The standard InChI is InChI=1S/C21H13F2NS/c22-17-7-4-8-18(23)20(17)21-24-19(13-25-21)16-11-9-15(10-12-16)14-5-2-1-3-6-14/h1-13H. The molecule has 4 heteroatoms. The summed E-state index contributed by atoms with van der Waals surface area (Å²) in [6, 6.07) is 21.9. The molecule has 0 aliphatic rings. The van der Waals surface area contributed by atoms with E-state index in [0.29, 0.717) is 10.7 Å². The van der Waals surface area contributed by atoms with Gasteiger partial charge >= 0.3 is 0 Å². The second-order valence-electron chi connectivity index (χ2n) is 5.58. The molecule has 122 valence electrons. The summed E-state index contributed by atoms with van der Waals surface area (Å²) in [6.45, 7) is 0. The lowest BCUT2D eigenvalue weighted by molar-refractivity contribution is 0.589. The SMILES string of the molecule is Fc1cccc(F)c1-c1nc(-c2ccc(-c3ccccc3)cc2)cs1. The van der Waals surface area contributed by atoms with Crippen LogP contribution >= 0.6 is 11.3 Å². The molecule has 4 rings (SSSR count). The van der Waals surface area contributed by atoms with E-state index in [9.17, 15) is 8.78 Å². The second kappa shape index (κ2) is 6.57. The van der Waals surface area contributed by atoms with Crippen molar-refractivity contribution in [2.45, 2.75) is 0 Å². The molecule has 0 bridgehead atoms. The van der Waals surface area contributed by atoms with Crippen molar-refractivity contribution in [1.29, 1.82) is 0 Å². The molecule has 0 amide bonds.